The number of nitrogens with zero attached hydrogens (tertiary/aromatic N) is 1. The summed E-state index contributed by atoms with van der Waals surface area (Å²) in [4.78, 5) is 15.1. The molecule has 1 saturated carbocycles. The van der Waals surface area contributed by atoms with E-state index < -0.39 is 0 Å². The van der Waals surface area contributed by atoms with Gasteiger partial charge in [-0.05, 0) is 39.8 Å². The van der Waals surface area contributed by atoms with Crippen LogP contribution >= 0.6 is 0 Å². The third-order valence-electron chi connectivity index (χ3n) is 4.57. The van der Waals surface area contributed by atoms with Crippen LogP contribution in [-0.4, -0.2) is 30.3 Å². The maximum absolute atomic E-state index is 13.0. The summed E-state index contributed by atoms with van der Waals surface area (Å²) in [5.74, 6) is 0.926. The molecular weight excluding hydrogens is 234 g/mol. The molecule has 0 heterocycles. The lowest BCUT2D eigenvalue weighted by atomic mass is 9.71. The van der Waals surface area contributed by atoms with Crippen LogP contribution in [0.3, 0.4) is 0 Å². The highest BCUT2D eigenvalue weighted by molar-refractivity contribution is 6.03. The molecule has 1 aliphatic carbocycles. The fourth-order valence-corrected chi connectivity index (χ4v) is 3.31. The number of ketones is 1. The molecule has 2 unspecified atom stereocenters. The molecule has 0 aliphatic heterocycles. The number of aryl methyl sites for hydroxylation is 1. The van der Waals surface area contributed by atoms with Crippen LogP contribution in [-0.2, 0) is 0 Å². The molecule has 0 radical (unpaired) electrons. The number of hydrogen-bond donors (Lipinski definition) is 0. The van der Waals surface area contributed by atoms with Gasteiger partial charge in [0.2, 0.25) is 0 Å². The van der Waals surface area contributed by atoms with Crippen molar-refractivity contribution in [3.05, 3.63) is 35.4 Å². The maximum Gasteiger partial charge on any atom is 0.183 e. The number of Topliss-reactive ketones (excluding diaryl/α,β-unsaturated/α-hetero) is 1. The predicted octanol–water partition coefficient (Wildman–Crippen LogP) is 3.69. The van der Waals surface area contributed by atoms with E-state index in [1.54, 1.807) is 0 Å². The lowest BCUT2D eigenvalue weighted by molar-refractivity contribution is 0.0486. The number of carbonyl (C=O) groups is 1. The molecule has 1 aromatic rings. The van der Waals surface area contributed by atoms with Gasteiger partial charge in [-0.1, -0.05) is 49.6 Å². The van der Waals surface area contributed by atoms with Crippen LogP contribution in [0.5, 0.6) is 0 Å². The second kappa shape index (κ2) is 5.46. The SMILES string of the molecule is Cc1ccc(C(=O)C2(N(C)C)CCCC(C)C2)cc1. The van der Waals surface area contributed by atoms with Gasteiger partial charge in [0, 0.05) is 5.56 Å². The van der Waals surface area contributed by atoms with Gasteiger partial charge in [-0.15, -0.1) is 0 Å². The van der Waals surface area contributed by atoms with E-state index in [9.17, 15) is 4.79 Å². The van der Waals surface area contributed by atoms with Gasteiger partial charge in [0.1, 0.15) is 0 Å². The molecule has 1 aliphatic rings. The smallest absolute Gasteiger partial charge is 0.183 e. The van der Waals surface area contributed by atoms with Gasteiger partial charge in [0.05, 0.1) is 5.54 Å². The number of rotatable bonds is 3. The van der Waals surface area contributed by atoms with Gasteiger partial charge in [0.15, 0.2) is 5.78 Å². The van der Waals surface area contributed by atoms with Crippen LogP contribution in [0.25, 0.3) is 0 Å². The first-order valence-corrected chi connectivity index (χ1v) is 7.24. The second-order valence-electron chi connectivity index (χ2n) is 6.32. The van der Waals surface area contributed by atoms with E-state index in [1.165, 1.54) is 12.0 Å². The Labute approximate surface area is 116 Å². The van der Waals surface area contributed by atoms with E-state index in [4.69, 9.17) is 0 Å². The Morgan fingerprint density at radius 2 is 1.89 bits per heavy atom. The molecule has 0 bridgehead atoms. The van der Waals surface area contributed by atoms with Crippen LogP contribution < -0.4 is 0 Å². The van der Waals surface area contributed by atoms with Crippen LogP contribution in [0.4, 0.5) is 0 Å². The summed E-state index contributed by atoms with van der Waals surface area (Å²) in [6.45, 7) is 4.32. The summed E-state index contributed by atoms with van der Waals surface area (Å²) in [6, 6.07) is 8.01. The Kier molecular flexibility index (Phi) is 4.10. The topological polar surface area (TPSA) is 20.3 Å². The highest BCUT2D eigenvalue weighted by Crippen LogP contribution is 2.38. The van der Waals surface area contributed by atoms with E-state index in [-0.39, 0.29) is 5.54 Å². The van der Waals surface area contributed by atoms with Gasteiger partial charge >= 0.3 is 0 Å². The van der Waals surface area contributed by atoms with Gasteiger partial charge < -0.3 is 0 Å². The minimum Gasteiger partial charge on any atom is -0.297 e. The van der Waals surface area contributed by atoms with E-state index >= 15 is 0 Å². The molecule has 0 saturated heterocycles. The van der Waals surface area contributed by atoms with Crippen molar-refractivity contribution in [2.75, 3.05) is 14.1 Å². The van der Waals surface area contributed by atoms with Crippen molar-refractivity contribution >= 4 is 5.78 Å². The monoisotopic (exact) mass is 259 g/mol. The first kappa shape index (κ1) is 14.3. The molecule has 0 N–H and O–H groups in total. The Bertz CT molecular complexity index is 449. The zero-order valence-corrected chi connectivity index (χ0v) is 12.6. The van der Waals surface area contributed by atoms with Crippen molar-refractivity contribution in [1.82, 2.24) is 4.90 Å². The molecular formula is C17H25NO. The van der Waals surface area contributed by atoms with E-state index in [1.807, 2.05) is 38.4 Å². The van der Waals surface area contributed by atoms with Crippen molar-refractivity contribution in [3.63, 3.8) is 0 Å². The van der Waals surface area contributed by atoms with Crippen molar-refractivity contribution in [2.45, 2.75) is 45.1 Å². The lowest BCUT2D eigenvalue weighted by Crippen LogP contribution is -2.53. The van der Waals surface area contributed by atoms with Gasteiger partial charge in [0.25, 0.3) is 0 Å². The number of benzene rings is 1. The van der Waals surface area contributed by atoms with Gasteiger partial charge in [-0.25, -0.2) is 0 Å². The summed E-state index contributed by atoms with van der Waals surface area (Å²) in [5.41, 5.74) is 1.76. The van der Waals surface area contributed by atoms with E-state index in [0.717, 1.165) is 24.8 Å². The molecule has 2 atom stereocenters. The van der Waals surface area contributed by atoms with E-state index in [0.29, 0.717) is 11.7 Å². The van der Waals surface area contributed by atoms with Gasteiger partial charge in [-0.3, -0.25) is 9.69 Å². The zero-order valence-electron chi connectivity index (χ0n) is 12.6. The first-order valence-electron chi connectivity index (χ1n) is 7.24. The predicted molar refractivity (Wildman–Crippen MR) is 79.6 cm³/mol. The van der Waals surface area contributed by atoms with E-state index in [2.05, 4.69) is 18.7 Å². The Balaban J connectivity index is 2.33. The molecule has 2 heteroatoms. The standard InChI is InChI=1S/C17H25NO/c1-13-7-9-15(10-8-13)16(19)17(18(3)4)11-5-6-14(2)12-17/h7-10,14H,5-6,11-12H2,1-4H3. The maximum atomic E-state index is 13.0. The van der Waals surface area contributed by atoms with Crippen LogP contribution in [0.1, 0.15) is 48.5 Å². The minimum atomic E-state index is -0.299. The number of likely N-dealkylation sites (N-methyl/N-ethyl adjacent to an activating group) is 1. The van der Waals surface area contributed by atoms with Crippen molar-refractivity contribution in [2.24, 2.45) is 5.92 Å². The highest BCUT2D eigenvalue weighted by Gasteiger charge is 2.43. The summed E-state index contributed by atoms with van der Waals surface area (Å²) in [5, 5.41) is 0. The molecule has 0 spiro atoms. The van der Waals surface area contributed by atoms with Crippen molar-refractivity contribution in [3.8, 4) is 0 Å². The van der Waals surface area contributed by atoms with Crippen LogP contribution in [0, 0.1) is 12.8 Å². The zero-order chi connectivity index (χ0) is 14.0. The van der Waals surface area contributed by atoms with Crippen molar-refractivity contribution < 1.29 is 4.79 Å². The summed E-state index contributed by atoms with van der Waals surface area (Å²) in [6.07, 6.45) is 4.36. The highest BCUT2D eigenvalue weighted by atomic mass is 16.1. The molecule has 1 fully saturated rings. The summed E-state index contributed by atoms with van der Waals surface area (Å²) in [7, 11) is 4.09. The minimum absolute atomic E-state index is 0.295. The van der Waals surface area contributed by atoms with Crippen LogP contribution in [0.2, 0.25) is 0 Å². The average molecular weight is 259 g/mol. The van der Waals surface area contributed by atoms with Crippen LogP contribution in [0.15, 0.2) is 24.3 Å². The number of hydrogen-bond acceptors (Lipinski definition) is 2. The normalized spacial score (nSPS) is 27.5. The largest absolute Gasteiger partial charge is 0.297 e. The second-order valence-corrected chi connectivity index (χ2v) is 6.32. The molecule has 0 aromatic heterocycles. The Hall–Kier alpha value is -1.15. The Morgan fingerprint density at radius 3 is 2.42 bits per heavy atom. The third-order valence-corrected chi connectivity index (χ3v) is 4.57. The Morgan fingerprint density at radius 1 is 1.26 bits per heavy atom. The quantitative estimate of drug-likeness (QED) is 0.772. The fraction of sp³-hybridized carbons (Fsp3) is 0.588. The molecule has 0 amide bonds. The van der Waals surface area contributed by atoms with Crippen molar-refractivity contribution in [1.29, 1.82) is 0 Å². The first-order chi connectivity index (χ1) is 8.95. The molecule has 2 nitrogen and oxygen atoms in total. The average Bonchev–Trinajstić information content (AvgIpc) is 2.38. The lowest BCUT2D eigenvalue weighted by Gasteiger charge is -2.43. The van der Waals surface area contributed by atoms with Gasteiger partial charge in [-0.2, -0.15) is 0 Å². The fourth-order valence-electron chi connectivity index (χ4n) is 3.31. The number of carbonyl (C=O) groups excluding carboxylic acids is 1. The molecule has 104 valence electrons. The third kappa shape index (κ3) is 2.74. The summed E-state index contributed by atoms with van der Waals surface area (Å²) >= 11 is 0. The molecule has 2 rings (SSSR count). The summed E-state index contributed by atoms with van der Waals surface area (Å²) < 4.78 is 0. The molecule has 1 aromatic carbocycles. The molecule has 19 heavy (non-hydrogen) atoms.